The third-order valence-corrected chi connectivity index (χ3v) is 2.83. The second-order valence-electron chi connectivity index (χ2n) is 4.70. The van der Waals surface area contributed by atoms with Crippen LogP contribution in [0.2, 0.25) is 0 Å². The maximum atomic E-state index is 5.75. The van der Waals surface area contributed by atoms with Gasteiger partial charge in [0.25, 0.3) is 0 Å². The molecular formula is C10H19NO. The van der Waals surface area contributed by atoms with Crippen LogP contribution in [0.25, 0.3) is 0 Å². The minimum atomic E-state index is 0.300. The van der Waals surface area contributed by atoms with Crippen LogP contribution >= 0.6 is 0 Å². The lowest BCUT2D eigenvalue weighted by Gasteiger charge is -2.47. The molecule has 2 heterocycles. The monoisotopic (exact) mass is 169 g/mol. The normalized spacial score (nSPS) is 28.2. The van der Waals surface area contributed by atoms with Gasteiger partial charge in [-0.05, 0) is 18.8 Å². The van der Waals surface area contributed by atoms with Crippen molar-refractivity contribution in [2.45, 2.75) is 32.3 Å². The average molecular weight is 169 g/mol. The van der Waals surface area contributed by atoms with Crippen molar-refractivity contribution in [2.75, 3.05) is 26.2 Å². The van der Waals surface area contributed by atoms with Crippen molar-refractivity contribution in [1.29, 1.82) is 0 Å². The fraction of sp³-hybridized carbons (Fsp3) is 1.00. The summed E-state index contributed by atoms with van der Waals surface area (Å²) >= 11 is 0. The van der Waals surface area contributed by atoms with Gasteiger partial charge in [-0.15, -0.1) is 0 Å². The van der Waals surface area contributed by atoms with Gasteiger partial charge in [-0.3, -0.25) is 4.90 Å². The molecule has 0 aromatic carbocycles. The molecule has 0 aromatic rings. The van der Waals surface area contributed by atoms with Gasteiger partial charge in [0.05, 0.1) is 5.60 Å². The minimum absolute atomic E-state index is 0.300. The zero-order valence-electron chi connectivity index (χ0n) is 8.18. The third kappa shape index (κ3) is 1.50. The highest BCUT2D eigenvalue weighted by atomic mass is 16.5. The summed E-state index contributed by atoms with van der Waals surface area (Å²) < 4.78 is 5.75. The summed E-state index contributed by atoms with van der Waals surface area (Å²) in [6.07, 6.45) is 2.57. The van der Waals surface area contributed by atoms with Crippen LogP contribution in [-0.4, -0.2) is 36.7 Å². The van der Waals surface area contributed by atoms with Crippen LogP contribution in [0.5, 0.6) is 0 Å². The quantitative estimate of drug-likeness (QED) is 0.621. The Morgan fingerprint density at radius 2 is 2.17 bits per heavy atom. The Morgan fingerprint density at radius 3 is 2.67 bits per heavy atom. The lowest BCUT2D eigenvalue weighted by atomic mass is 9.90. The molecule has 0 aromatic heterocycles. The van der Waals surface area contributed by atoms with Gasteiger partial charge in [-0.1, -0.05) is 13.8 Å². The van der Waals surface area contributed by atoms with E-state index in [1.165, 1.54) is 32.5 Å². The molecule has 12 heavy (non-hydrogen) atoms. The van der Waals surface area contributed by atoms with Crippen molar-refractivity contribution in [3.8, 4) is 0 Å². The molecule has 0 atom stereocenters. The Kier molecular flexibility index (Phi) is 2.13. The summed E-state index contributed by atoms with van der Waals surface area (Å²) in [6, 6.07) is 0. The summed E-state index contributed by atoms with van der Waals surface area (Å²) in [4.78, 5) is 2.51. The highest BCUT2D eigenvalue weighted by Crippen LogP contribution is 2.34. The van der Waals surface area contributed by atoms with Crippen molar-refractivity contribution >= 4 is 0 Å². The van der Waals surface area contributed by atoms with Crippen molar-refractivity contribution < 1.29 is 4.74 Å². The van der Waals surface area contributed by atoms with Crippen LogP contribution in [0.3, 0.4) is 0 Å². The largest absolute Gasteiger partial charge is 0.372 e. The number of nitrogens with zero attached hydrogens (tertiary/aromatic N) is 1. The number of hydrogen-bond donors (Lipinski definition) is 0. The molecule has 2 fully saturated rings. The molecule has 2 nitrogen and oxygen atoms in total. The average Bonchev–Trinajstić information content (AvgIpc) is 2.33. The number of rotatable bonds is 2. The Hall–Kier alpha value is -0.0800. The van der Waals surface area contributed by atoms with E-state index < -0.39 is 0 Å². The first kappa shape index (κ1) is 8.52. The van der Waals surface area contributed by atoms with Gasteiger partial charge in [0.1, 0.15) is 0 Å². The molecule has 2 saturated heterocycles. The molecule has 70 valence electrons. The van der Waals surface area contributed by atoms with E-state index in [1.54, 1.807) is 0 Å². The van der Waals surface area contributed by atoms with Crippen molar-refractivity contribution in [2.24, 2.45) is 5.92 Å². The summed E-state index contributed by atoms with van der Waals surface area (Å²) in [5.41, 5.74) is 0.300. The standard InChI is InChI=1S/C10H19NO/c1-9(2)6-11-7-10(8-11)4-3-5-12-10/h9H,3-8H2,1-2H3. The molecule has 0 radical (unpaired) electrons. The van der Waals surface area contributed by atoms with E-state index in [4.69, 9.17) is 4.74 Å². The first-order chi connectivity index (χ1) is 5.70. The van der Waals surface area contributed by atoms with Gasteiger partial charge in [-0.2, -0.15) is 0 Å². The first-order valence-electron chi connectivity index (χ1n) is 5.07. The summed E-state index contributed by atoms with van der Waals surface area (Å²) in [6.45, 7) is 9.16. The molecule has 1 spiro atoms. The maximum Gasteiger partial charge on any atom is 0.0935 e. The first-order valence-corrected chi connectivity index (χ1v) is 5.07. The Balaban J connectivity index is 1.75. The molecule has 0 bridgehead atoms. The highest BCUT2D eigenvalue weighted by Gasteiger charge is 2.45. The van der Waals surface area contributed by atoms with Crippen LogP contribution < -0.4 is 0 Å². The molecular weight excluding hydrogens is 150 g/mol. The van der Waals surface area contributed by atoms with E-state index in [0.29, 0.717) is 5.60 Å². The number of ether oxygens (including phenoxy) is 1. The van der Waals surface area contributed by atoms with E-state index >= 15 is 0 Å². The zero-order chi connectivity index (χ0) is 8.60. The van der Waals surface area contributed by atoms with E-state index in [2.05, 4.69) is 18.7 Å². The van der Waals surface area contributed by atoms with Gasteiger partial charge in [0, 0.05) is 26.2 Å². The fourth-order valence-corrected chi connectivity index (χ4v) is 2.42. The van der Waals surface area contributed by atoms with Crippen LogP contribution in [0.1, 0.15) is 26.7 Å². The van der Waals surface area contributed by atoms with E-state index in [1.807, 2.05) is 0 Å². The van der Waals surface area contributed by atoms with Gasteiger partial charge in [0.2, 0.25) is 0 Å². The van der Waals surface area contributed by atoms with E-state index in [9.17, 15) is 0 Å². The van der Waals surface area contributed by atoms with Crippen LogP contribution in [0.15, 0.2) is 0 Å². The zero-order valence-corrected chi connectivity index (χ0v) is 8.18. The summed E-state index contributed by atoms with van der Waals surface area (Å²) in [5.74, 6) is 0.795. The smallest absolute Gasteiger partial charge is 0.0935 e. The van der Waals surface area contributed by atoms with Crippen molar-refractivity contribution in [3.63, 3.8) is 0 Å². The predicted molar refractivity (Wildman–Crippen MR) is 49.2 cm³/mol. The van der Waals surface area contributed by atoms with Gasteiger partial charge >= 0.3 is 0 Å². The number of hydrogen-bond acceptors (Lipinski definition) is 2. The summed E-state index contributed by atoms with van der Waals surface area (Å²) in [5, 5.41) is 0. The second-order valence-corrected chi connectivity index (χ2v) is 4.70. The van der Waals surface area contributed by atoms with Crippen molar-refractivity contribution in [3.05, 3.63) is 0 Å². The second kappa shape index (κ2) is 3.00. The molecule has 2 heteroatoms. The van der Waals surface area contributed by atoms with Crippen LogP contribution in [-0.2, 0) is 4.74 Å². The molecule has 2 rings (SSSR count). The fourth-order valence-electron chi connectivity index (χ4n) is 2.42. The van der Waals surface area contributed by atoms with Gasteiger partial charge in [0.15, 0.2) is 0 Å². The lowest BCUT2D eigenvalue weighted by Crippen LogP contribution is -2.61. The molecule has 0 N–H and O–H groups in total. The predicted octanol–water partition coefficient (Wildman–Crippen LogP) is 1.51. The SMILES string of the molecule is CC(C)CN1CC2(CCCO2)C1. The summed E-state index contributed by atoms with van der Waals surface area (Å²) in [7, 11) is 0. The van der Waals surface area contributed by atoms with Crippen LogP contribution in [0.4, 0.5) is 0 Å². The van der Waals surface area contributed by atoms with Crippen molar-refractivity contribution in [1.82, 2.24) is 4.90 Å². The lowest BCUT2D eigenvalue weighted by molar-refractivity contribution is -0.113. The maximum absolute atomic E-state index is 5.75. The van der Waals surface area contributed by atoms with Gasteiger partial charge < -0.3 is 4.74 Å². The molecule has 0 aliphatic carbocycles. The Morgan fingerprint density at radius 1 is 1.42 bits per heavy atom. The number of likely N-dealkylation sites (tertiary alicyclic amines) is 1. The molecule has 2 aliphatic rings. The van der Waals surface area contributed by atoms with Crippen LogP contribution in [0, 0.1) is 5.92 Å². The Bertz CT molecular complexity index is 153. The van der Waals surface area contributed by atoms with Gasteiger partial charge in [-0.25, -0.2) is 0 Å². The third-order valence-electron chi connectivity index (χ3n) is 2.83. The minimum Gasteiger partial charge on any atom is -0.372 e. The van der Waals surface area contributed by atoms with E-state index in [0.717, 1.165) is 12.5 Å². The Labute approximate surface area is 74.9 Å². The molecule has 0 saturated carbocycles. The van der Waals surface area contributed by atoms with E-state index in [-0.39, 0.29) is 0 Å². The topological polar surface area (TPSA) is 12.5 Å². The highest BCUT2D eigenvalue weighted by molar-refractivity contribution is 4.99. The molecule has 0 amide bonds. The molecule has 2 aliphatic heterocycles. The molecule has 0 unspecified atom stereocenters.